The van der Waals surface area contributed by atoms with E-state index in [0.29, 0.717) is 18.4 Å². The summed E-state index contributed by atoms with van der Waals surface area (Å²) >= 11 is 0. The number of rotatable bonds is 2. The molecule has 204 valence electrons. The van der Waals surface area contributed by atoms with Crippen LogP contribution in [0.15, 0.2) is 54.3 Å². The average Bonchev–Trinajstić information content (AvgIpc) is 3.31. The summed E-state index contributed by atoms with van der Waals surface area (Å²) in [6, 6.07) is 7.79. The number of ketones is 3. The maximum atomic E-state index is 14.3. The third-order valence-corrected chi connectivity index (χ3v) is 9.99. The number of ether oxygens (including phenoxy) is 1. The van der Waals surface area contributed by atoms with Crippen molar-refractivity contribution in [2.45, 2.75) is 71.1 Å². The van der Waals surface area contributed by atoms with Gasteiger partial charge in [-0.2, -0.15) is 0 Å². The summed E-state index contributed by atoms with van der Waals surface area (Å²) in [5.41, 5.74) is 0.739. The Morgan fingerprint density at radius 1 is 1.08 bits per heavy atom. The Bertz CT molecular complexity index is 1450. The number of Topliss-reactive ketones (excluding diaryl/α,β-unsaturated/α-hetero) is 3. The Hall–Kier alpha value is -3.32. The molecule has 1 spiro atoms. The van der Waals surface area contributed by atoms with Gasteiger partial charge in [0.1, 0.15) is 11.2 Å². The molecule has 2 aliphatic carbocycles. The van der Waals surface area contributed by atoms with Crippen LogP contribution in [0.5, 0.6) is 0 Å². The SMILES string of the molecule is C/C1=C/[C@@H](C)C/C=C\[C@@H]2[C@@H]3O[C@]3(C)[C@@H](C)[C@H]3[C@@H](Cc4c[nH]c5ccccc45)NC(=O)[C@]32C(=O)CCC(=O)C1=O. The summed E-state index contributed by atoms with van der Waals surface area (Å²) in [6.07, 6.45) is 8.46. The zero-order chi connectivity index (χ0) is 27.7. The Labute approximate surface area is 228 Å². The Kier molecular flexibility index (Phi) is 6.06. The van der Waals surface area contributed by atoms with E-state index in [1.54, 1.807) is 6.92 Å². The van der Waals surface area contributed by atoms with Gasteiger partial charge in [0, 0.05) is 47.8 Å². The number of epoxide rings is 1. The number of carbonyl (C=O) groups excluding carboxylic acids is 4. The Balaban J connectivity index is 1.44. The molecule has 2 saturated heterocycles. The van der Waals surface area contributed by atoms with Crippen LogP contribution in [0.3, 0.4) is 0 Å². The predicted molar refractivity (Wildman–Crippen MR) is 147 cm³/mol. The number of benzene rings is 1. The van der Waals surface area contributed by atoms with Crippen molar-refractivity contribution in [1.82, 2.24) is 10.3 Å². The first-order valence-electron chi connectivity index (χ1n) is 14.1. The average molecular weight is 529 g/mol. The minimum absolute atomic E-state index is 0.0299. The lowest BCUT2D eigenvalue weighted by atomic mass is 9.51. The second-order valence-corrected chi connectivity index (χ2v) is 12.2. The number of aromatic amines is 1. The van der Waals surface area contributed by atoms with Gasteiger partial charge in [-0.15, -0.1) is 0 Å². The molecule has 1 aromatic heterocycles. The van der Waals surface area contributed by atoms with Gasteiger partial charge in [-0.1, -0.05) is 50.3 Å². The number of para-hydroxylation sites is 1. The van der Waals surface area contributed by atoms with E-state index in [-0.39, 0.29) is 54.4 Å². The molecule has 6 rings (SSSR count). The van der Waals surface area contributed by atoms with Crippen LogP contribution in [0.1, 0.15) is 52.5 Å². The minimum atomic E-state index is -1.35. The molecule has 39 heavy (non-hydrogen) atoms. The molecule has 2 aromatic rings. The summed E-state index contributed by atoms with van der Waals surface area (Å²) in [5.74, 6) is -2.47. The molecule has 0 bridgehead atoms. The molecular formula is C32H36N2O5. The maximum absolute atomic E-state index is 14.3. The van der Waals surface area contributed by atoms with Gasteiger partial charge in [-0.05, 0) is 55.7 Å². The van der Waals surface area contributed by atoms with Crippen LogP contribution >= 0.6 is 0 Å². The molecule has 8 atom stereocenters. The number of aromatic nitrogens is 1. The highest BCUT2D eigenvalue weighted by atomic mass is 16.6. The van der Waals surface area contributed by atoms with Crippen molar-refractivity contribution in [2.24, 2.45) is 29.1 Å². The van der Waals surface area contributed by atoms with Crippen LogP contribution in [-0.2, 0) is 30.3 Å². The maximum Gasteiger partial charge on any atom is 0.235 e. The molecule has 3 heterocycles. The predicted octanol–water partition coefficient (Wildman–Crippen LogP) is 4.26. The topological polar surface area (TPSA) is 109 Å². The zero-order valence-corrected chi connectivity index (χ0v) is 23.0. The van der Waals surface area contributed by atoms with Gasteiger partial charge in [0.15, 0.2) is 0 Å². The van der Waals surface area contributed by atoms with Crippen molar-refractivity contribution in [3.8, 4) is 0 Å². The Morgan fingerprint density at radius 3 is 2.64 bits per heavy atom. The first-order chi connectivity index (χ1) is 18.6. The van der Waals surface area contributed by atoms with Crippen LogP contribution in [-0.4, -0.2) is 46.0 Å². The zero-order valence-electron chi connectivity index (χ0n) is 23.0. The summed E-state index contributed by atoms with van der Waals surface area (Å²) < 4.78 is 6.34. The number of nitrogens with one attached hydrogen (secondary N) is 2. The van der Waals surface area contributed by atoms with Crippen molar-refractivity contribution < 1.29 is 23.9 Å². The molecule has 1 amide bonds. The molecule has 7 nitrogen and oxygen atoms in total. The van der Waals surface area contributed by atoms with E-state index < -0.39 is 28.5 Å². The van der Waals surface area contributed by atoms with Gasteiger partial charge in [-0.3, -0.25) is 19.2 Å². The van der Waals surface area contributed by atoms with E-state index in [4.69, 9.17) is 4.74 Å². The fourth-order valence-corrected chi connectivity index (χ4v) is 7.84. The van der Waals surface area contributed by atoms with Gasteiger partial charge in [0.05, 0.1) is 11.7 Å². The van der Waals surface area contributed by atoms with Crippen molar-refractivity contribution in [3.05, 3.63) is 59.8 Å². The van der Waals surface area contributed by atoms with Crippen molar-refractivity contribution in [1.29, 1.82) is 0 Å². The summed E-state index contributed by atoms with van der Waals surface area (Å²) in [6.45, 7) is 7.83. The summed E-state index contributed by atoms with van der Waals surface area (Å²) in [5, 5.41) is 4.34. The molecule has 0 radical (unpaired) electrons. The molecule has 1 saturated carbocycles. The number of carbonyl (C=O) groups is 4. The smallest absolute Gasteiger partial charge is 0.235 e. The monoisotopic (exact) mass is 528 g/mol. The second kappa shape index (κ2) is 9.12. The summed E-state index contributed by atoms with van der Waals surface area (Å²) in [7, 11) is 0. The number of H-pyrrole nitrogens is 1. The Morgan fingerprint density at radius 2 is 1.85 bits per heavy atom. The standard InChI is InChI=1S/C32H36N2O5/c1-17-8-7-10-22-29-31(4,39-29)19(3)27-24(15-20-16-33-23-11-6-5-9-21(20)23)34-30(38)32(22,27)26(36)13-12-25(35)28(37)18(2)14-17/h5-7,9-11,14,16-17,19,22,24,27,29,33H,8,12-13,15H2,1-4H3,(H,34,38)/b10-7-,18-14-/t17-,19-,22+,24+,27-,29-,31+,32+/m0/s1. The largest absolute Gasteiger partial charge is 0.365 e. The van der Waals surface area contributed by atoms with E-state index in [1.807, 2.05) is 49.5 Å². The molecular weight excluding hydrogens is 492 g/mol. The quantitative estimate of drug-likeness (QED) is 0.262. The van der Waals surface area contributed by atoms with Gasteiger partial charge in [0.25, 0.3) is 0 Å². The number of hydrogen-bond donors (Lipinski definition) is 2. The van der Waals surface area contributed by atoms with Crippen LogP contribution < -0.4 is 5.32 Å². The van der Waals surface area contributed by atoms with E-state index >= 15 is 0 Å². The van der Waals surface area contributed by atoms with Gasteiger partial charge in [0.2, 0.25) is 17.5 Å². The highest BCUT2D eigenvalue weighted by Crippen LogP contribution is 2.66. The number of allylic oxidation sites excluding steroid dienone is 3. The van der Waals surface area contributed by atoms with Gasteiger partial charge in [-0.25, -0.2) is 0 Å². The van der Waals surface area contributed by atoms with E-state index in [9.17, 15) is 19.2 Å². The first-order valence-corrected chi connectivity index (χ1v) is 14.1. The fourth-order valence-electron chi connectivity index (χ4n) is 7.84. The highest BCUT2D eigenvalue weighted by Gasteiger charge is 2.78. The normalized spacial score (nSPS) is 40.8. The lowest BCUT2D eigenvalue weighted by Gasteiger charge is -2.46. The van der Waals surface area contributed by atoms with Crippen LogP contribution in [0.2, 0.25) is 0 Å². The molecule has 7 heteroatoms. The van der Waals surface area contributed by atoms with Crippen LogP contribution in [0.4, 0.5) is 0 Å². The third-order valence-electron chi connectivity index (χ3n) is 9.99. The van der Waals surface area contributed by atoms with E-state index in [0.717, 1.165) is 16.5 Å². The van der Waals surface area contributed by atoms with Crippen molar-refractivity contribution in [3.63, 3.8) is 0 Å². The van der Waals surface area contributed by atoms with Crippen molar-refractivity contribution in [2.75, 3.05) is 0 Å². The number of amides is 1. The van der Waals surface area contributed by atoms with Gasteiger partial charge < -0.3 is 15.0 Å². The number of fused-ring (bicyclic) bond motifs is 3. The lowest BCUT2D eigenvalue weighted by molar-refractivity contribution is -0.149. The fraction of sp³-hybridized carbons (Fsp3) is 0.500. The molecule has 2 N–H and O–H groups in total. The first kappa shape index (κ1) is 25.9. The van der Waals surface area contributed by atoms with E-state index in [1.165, 1.54) is 0 Å². The molecule has 3 fully saturated rings. The minimum Gasteiger partial charge on any atom is -0.365 e. The number of hydrogen-bond acceptors (Lipinski definition) is 5. The van der Waals surface area contributed by atoms with E-state index in [2.05, 4.69) is 30.2 Å². The van der Waals surface area contributed by atoms with Crippen molar-refractivity contribution >= 4 is 34.2 Å². The summed E-state index contributed by atoms with van der Waals surface area (Å²) in [4.78, 5) is 57.3. The molecule has 0 unspecified atom stereocenters. The van der Waals surface area contributed by atoms with Crippen LogP contribution in [0.25, 0.3) is 10.9 Å². The molecule has 1 aromatic carbocycles. The van der Waals surface area contributed by atoms with Gasteiger partial charge >= 0.3 is 0 Å². The second-order valence-electron chi connectivity index (χ2n) is 12.2. The lowest BCUT2D eigenvalue weighted by Crippen LogP contribution is -2.58. The van der Waals surface area contributed by atoms with Crippen LogP contribution in [0, 0.1) is 29.1 Å². The molecule has 2 aliphatic heterocycles. The third kappa shape index (κ3) is 3.80. The highest BCUT2D eigenvalue weighted by molar-refractivity contribution is 6.43. The molecule has 4 aliphatic rings.